The Balaban J connectivity index is 1.31. The number of fused-ring (bicyclic) bond motifs is 12. The third-order valence-electron chi connectivity index (χ3n) is 13.9. The summed E-state index contributed by atoms with van der Waals surface area (Å²) in [7, 11) is -2.08. The first-order chi connectivity index (χ1) is 28.7. The fourth-order valence-corrected chi connectivity index (χ4v) is 12.2. The van der Waals surface area contributed by atoms with E-state index in [1.54, 1.807) is 0 Å². The summed E-state index contributed by atoms with van der Waals surface area (Å²) in [5.41, 5.74) is 7.75. The summed E-state index contributed by atoms with van der Waals surface area (Å²) < 4.78 is 0. The Kier molecular flexibility index (Phi) is 7.99. The lowest BCUT2D eigenvalue weighted by Crippen LogP contribution is -2.50. The van der Waals surface area contributed by atoms with Gasteiger partial charge in [-0.3, -0.25) is 0 Å². The lowest BCUT2D eigenvalue weighted by molar-refractivity contribution is 0.729. The van der Waals surface area contributed by atoms with Crippen LogP contribution < -0.4 is 5.19 Å². The molecule has 0 atom stereocenters. The first-order valence-electron chi connectivity index (χ1n) is 21.0. The Morgan fingerprint density at radius 1 is 0.288 bits per heavy atom. The maximum absolute atomic E-state index is 2.57. The monoisotopic (exact) mass is 770 g/mol. The minimum Gasteiger partial charge on any atom is -0.0650 e. The molecule has 0 fully saturated rings. The molecular formula is C58H46Si. The molecule has 0 aliphatic heterocycles. The van der Waals surface area contributed by atoms with Crippen molar-refractivity contribution in [3.05, 3.63) is 188 Å². The van der Waals surface area contributed by atoms with Gasteiger partial charge in [-0.1, -0.05) is 227 Å². The molecule has 0 N–H and O–H groups in total. The van der Waals surface area contributed by atoms with E-state index in [4.69, 9.17) is 0 Å². The summed E-state index contributed by atoms with van der Waals surface area (Å²) >= 11 is 0. The molecule has 11 rings (SSSR count). The Hall–Kier alpha value is -6.54. The van der Waals surface area contributed by atoms with Gasteiger partial charge in [0.25, 0.3) is 0 Å². The van der Waals surface area contributed by atoms with Crippen molar-refractivity contribution in [1.82, 2.24) is 0 Å². The van der Waals surface area contributed by atoms with E-state index >= 15 is 0 Å². The molecule has 0 saturated carbocycles. The number of rotatable bonds is 4. The zero-order chi connectivity index (χ0) is 40.0. The van der Waals surface area contributed by atoms with E-state index in [1.165, 1.54) is 114 Å². The molecule has 59 heavy (non-hydrogen) atoms. The molecule has 0 heterocycles. The minimum absolute atomic E-state index is 0.136. The van der Waals surface area contributed by atoms with Crippen LogP contribution in [0, 0.1) is 0 Å². The molecule has 0 nitrogen and oxygen atoms in total. The molecule has 0 aliphatic rings. The average Bonchev–Trinajstić information content (AvgIpc) is 3.27. The van der Waals surface area contributed by atoms with Crippen LogP contribution in [0.5, 0.6) is 0 Å². The quantitative estimate of drug-likeness (QED) is 0.123. The van der Waals surface area contributed by atoms with Crippen LogP contribution in [0.4, 0.5) is 0 Å². The summed E-state index contributed by atoms with van der Waals surface area (Å²) in [6.45, 7) is 12.5. The first-order valence-corrected chi connectivity index (χ1v) is 24.0. The molecule has 11 aromatic carbocycles. The van der Waals surface area contributed by atoms with E-state index in [1.807, 2.05) is 0 Å². The highest BCUT2D eigenvalue weighted by molar-refractivity contribution is 6.93. The van der Waals surface area contributed by atoms with E-state index in [0.717, 1.165) is 0 Å². The maximum Gasteiger partial charge on any atom is 0.0867 e. The van der Waals surface area contributed by atoms with Gasteiger partial charge in [0, 0.05) is 0 Å². The van der Waals surface area contributed by atoms with Gasteiger partial charge in [0.2, 0.25) is 0 Å². The van der Waals surface area contributed by atoms with Gasteiger partial charge in [0.1, 0.15) is 0 Å². The molecule has 0 bridgehead atoms. The van der Waals surface area contributed by atoms with Gasteiger partial charge in [-0.05, 0) is 114 Å². The van der Waals surface area contributed by atoms with Crippen LogP contribution in [0.15, 0.2) is 188 Å². The molecule has 0 spiro atoms. The molecule has 0 aliphatic carbocycles. The van der Waals surface area contributed by atoms with Crippen LogP contribution in [0.25, 0.3) is 109 Å². The molecule has 0 aromatic heterocycles. The van der Waals surface area contributed by atoms with Crippen LogP contribution in [0.2, 0.25) is 18.1 Å². The predicted octanol–water partition coefficient (Wildman–Crippen LogP) is 16.5. The second-order valence-corrected chi connectivity index (χ2v) is 23.3. The van der Waals surface area contributed by atoms with E-state index in [2.05, 4.69) is 222 Å². The maximum atomic E-state index is 2.57. The highest BCUT2D eigenvalue weighted by Gasteiger charge is 2.39. The average molecular weight is 771 g/mol. The lowest BCUT2D eigenvalue weighted by atomic mass is 9.82. The van der Waals surface area contributed by atoms with Crippen molar-refractivity contribution in [2.75, 3.05) is 0 Å². The van der Waals surface area contributed by atoms with Gasteiger partial charge in [0.15, 0.2) is 0 Å². The van der Waals surface area contributed by atoms with Gasteiger partial charge in [-0.15, -0.1) is 0 Å². The van der Waals surface area contributed by atoms with E-state index < -0.39 is 8.07 Å². The van der Waals surface area contributed by atoms with Crippen molar-refractivity contribution in [1.29, 1.82) is 0 Å². The predicted molar refractivity (Wildman–Crippen MR) is 262 cm³/mol. The van der Waals surface area contributed by atoms with Crippen LogP contribution in [-0.4, -0.2) is 8.07 Å². The van der Waals surface area contributed by atoms with Crippen molar-refractivity contribution in [2.24, 2.45) is 0 Å². The Labute approximate surface area is 347 Å². The van der Waals surface area contributed by atoms with Gasteiger partial charge in [0.05, 0.1) is 8.07 Å². The van der Waals surface area contributed by atoms with Crippen LogP contribution in [-0.2, 0) is 0 Å². The third kappa shape index (κ3) is 5.34. The summed E-state index contributed by atoms with van der Waals surface area (Å²) in [5.74, 6) is 0. The Bertz CT molecular complexity index is 3510. The Morgan fingerprint density at radius 3 is 1.44 bits per heavy atom. The van der Waals surface area contributed by atoms with Crippen molar-refractivity contribution in [2.45, 2.75) is 38.9 Å². The molecule has 0 radical (unpaired) electrons. The normalized spacial score (nSPS) is 12.5. The molecule has 0 unspecified atom stereocenters. The van der Waals surface area contributed by atoms with Crippen molar-refractivity contribution in [3.63, 3.8) is 0 Å². The standard InChI is InChI=1S/C58H46Si/c1-58(2,3)59(4,5)53-36-35-46-40-20-9-6-17-37(40)29-32-50(46)55(53)52-34-31-38-18-7-10-21-41(38)54(52)47-26-15-14-25-45(47)49-28-16-27-48-43-23-12-13-24-44(43)51-33-30-39-19-8-11-22-42(39)56(51)57(48)49/h6-36H,1-5H3. The fourth-order valence-electron chi connectivity index (χ4n) is 10.00. The fraction of sp³-hybridized carbons (Fsp3) is 0.103. The lowest BCUT2D eigenvalue weighted by Gasteiger charge is -2.39. The minimum atomic E-state index is -2.08. The highest BCUT2D eigenvalue weighted by Crippen LogP contribution is 2.49. The summed E-state index contributed by atoms with van der Waals surface area (Å²) in [5, 5.41) is 19.7. The largest absolute Gasteiger partial charge is 0.0867 e. The molecule has 11 aromatic rings. The topological polar surface area (TPSA) is 0 Å². The molecular weight excluding hydrogens is 725 g/mol. The van der Waals surface area contributed by atoms with Crippen molar-refractivity contribution >= 4 is 88.7 Å². The summed E-state index contributed by atoms with van der Waals surface area (Å²) in [6.07, 6.45) is 0. The second-order valence-electron chi connectivity index (χ2n) is 18.0. The molecule has 1 heteroatoms. The number of hydrogen-bond donors (Lipinski definition) is 0. The Morgan fingerprint density at radius 2 is 0.746 bits per heavy atom. The summed E-state index contributed by atoms with van der Waals surface area (Å²) in [6, 6.07) is 71.0. The van der Waals surface area contributed by atoms with E-state index in [9.17, 15) is 0 Å². The van der Waals surface area contributed by atoms with Gasteiger partial charge >= 0.3 is 0 Å². The van der Waals surface area contributed by atoms with Gasteiger partial charge < -0.3 is 0 Å². The van der Waals surface area contributed by atoms with Crippen molar-refractivity contribution < 1.29 is 0 Å². The molecule has 0 saturated heterocycles. The smallest absolute Gasteiger partial charge is 0.0650 e. The van der Waals surface area contributed by atoms with E-state index in [0.29, 0.717) is 0 Å². The van der Waals surface area contributed by atoms with Crippen LogP contribution in [0.3, 0.4) is 0 Å². The van der Waals surface area contributed by atoms with Crippen molar-refractivity contribution in [3.8, 4) is 33.4 Å². The number of hydrogen-bond acceptors (Lipinski definition) is 0. The van der Waals surface area contributed by atoms with E-state index in [-0.39, 0.29) is 5.04 Å². The zero-order valence-corrected chi connectivity index (χ0v) is 35.4. The first kappa shape index (κ1) is 35.6. The highest BCUT2D eigenvalue weighted by atomic mass is 28.3. The van der Waals surface area contributed by atoms with Crippen LogP contribution >= 0.6 is 0 Å². The second kappa shape index (κ2) is 13.2. The SMILES string of the molecule is CC(C)(C)[Si](C)(C)c1ccc2c(ccc3ccccc32)c1-c1ccc2ccccc2c1-c1ccccc1-c1cccc2c3ccccc3c3ccc4ccccc4c3c12. The zero-order valence-electron chi connectivity index (χ0n) is 34.4. The summed E-state index contributed by atoms with van der Waals surface area (Å²) in [4.78, 5) is 0. The third-order valence-corrected chi connectivity index (χ3v) is 19.4. The molecule has 0 amide bonds. The van der Waals surface area contributed by atoms with Gasteiger partial charge in [-0.2, -0.15) is 0 Å². The molecule has 282 valence electrons. The van der Waals surface area contributed by atoms with Gasteiger partial charge in [-0.25, -0.2) is 0 Å². The number of benzene rings is 11. The van der Waals surface area contributed by atoms with Crippen LogP contribution in [0.1, 0.15) is 20.8 Å².